The maximum absolute atomic E-state index is 11.7. The Bertz CT molecular complexity index is 299. The number of sulfone groups is 1. The maximum Gasteiger partial charge on any atom is 0.153 e. The van der Waals surface area contributed by atoms with Gasteiger partial charge in [0, 0.05) is 12.6 Å². The molecule has 1 heterocycles. The molecule has 104 valence electrons. The molecule has 0 aromatic rings. The maximum atomic E-state index is 11.7. The molecule has 0 aromatic heterocycles. The van der Waals surface area contributed by atoms with Gasteiger partial charge in [0.2, 0.25) is 0 Å². The molecule has 0 unspecified atom stereocenters. The van der Waals surface area contributed by atoms with Crippen molar-refractivity contribution in [2.75, 3.05) is 32.4 Å². The van der Waals surface area contributed by atoms with Gasteiger partial charge in [-0.1, -0.05) is 0 Å². The van der Waals surface area contributed by atoms with Crippen LogP contribution in [0.15, 0.2) is 0 Å². The summed E-state index contributed by atoms with van der Waals surface area (Å²) in [6, 6.07) is 0.609. The molecule has 1 rings (SSSR count). The Kier molecular flexibility index (Phi) is 7.63. The lowest BCUT2D eigenvalue weighted by Crippen LogP contribution is -2.43. The summed E-state index contributed by atoms with van der Waals surface area (Å²) in [7, 11) is -0.884. The molecule has 0 aromatic carbocycles. The summed E-state index contributed by atoms with van der Waals surface area (Å²) in [6.07, 6.45) is 2.25. The van der Waals surface area contributed by atoms with Crippen LogP contribution in [0.3, 0.4) is 0 Å². The Balaban J connectivity index is 0.00000256. The molecule has 17 heavy (non-hydrogen) atoms. The molecular formula is C11H25ClN2O2S. The summed E-state index contributed by atoms with van der Waals surface area (Å²) in [6.45, 7) is 6.22. The number of hydrogen-bond acceptors (Lipinski definition) is 4. The van der Waals surface area contributed by atoms with E-state index in [2.05, 4.69) is 10.2 Å². The van der Waals surface area contributed by atoms with E-state index < -0.39 is 9.84 Å². The lowest BCUT2D eigenvalue weighted by molar-refractivity contribution is 0.211. The quantitative estimate of drug-likeness (QED) is 0.816. The standard InChI is InChI=1S/C11H24N2O2S.ClH/c1-10(2)16(14,15)9-8-13-6-4-11(12-3)5-7-13;/h10-12H,4-9H2,1-3H3;1H. The van der Waals surface area contributed by atoms with Gasteiger partial charge in [-0.05, 0) is 46.8 Å². The van der Waals surface area contributed by atoms with Crippen LogP contribution in [0.1, 0.15) is 26.7 Å². The third-order valence-corrected chi connectivity index (χ3v) is 5.59. The smallest absolute Gasteiger partial charge is 0.153 e. The molecule has 1 N–H and O–H groups in total. The van der Waals surface area contributed by atoms with Crippen LogP contribution in [0.25, 0.3) is 0 Å². The number of nitrogens with one attached hydrogen (secondary N) is 1. The van der Waals surface area contributed by atoms with Gasteiger partial charge in [0.05, 0.1) is 11.0 Å². The van der Waals surface area contributed by atoms with Crippen LogP contribution >= 0.6 is 12.4 Å². The Labute approximate surface area is 111 Å². The van der Waals surface area contributed by atoms with Gasteiger partial charge in [-0.3, -0.25) is 0 Å². The first kappa shape index (κ1) is 17.2. The zero-order valence-electron chi connectivity index (χ0n) is 11.0. The second-order valence-electron chi connectivity index (χ2n) is 4.82. The van der Waals surface area contributed by atoms with Crippen molar-refractivity contribution in [1.82, 2.24) is 10.2 Å². The van der Waals surface area contributed by atoms with E-state index in [0.717, 1.165) is 25.9 Å². The lowest BCUT2D eigenvalue weighted by atomic mass is 10.1. The van der Waals surface area contributed by atoms with E-state index in [1.54, 1.807) is 13.8 Å². The molecule has 1 aliphatic rings. The van der Waals surface area contributed by atoms with Gasteiger partial charge in [-0.25, -0.2) is 8.42 Å². The minimum Gasteiger partial charge on any atom is -0.317 e. The molecule has 6 heteroatoms. The van der Waals surface area contributed by atoms with E-state index in [1.807, 2.05) is 7.05 Å². The molecule has 1 aliphatic heterocycles. The normalized spacial score (nSPS) is 19.3. The van der Waals surface area contributed by atoms with E-state index in [9.17, 15) is 8.42 Å². The van der Waals surface area contributed by atoms with Crippen molar-refractivity contribution < 1.29 is 8.42 Å². The van der Waals surface area contributed by atoms with E-state index in [0.29, 0.717) is 18.3 Å². The van der Waals surface area contributed by atoms with Gasteiger partial charge in [-0.15, -0.1) is 12.4 Å². The molecular weight excluding hydrogens is 260 g/mol. The van der Waals surface area contributed by atoms with Crippen LogP contribution in [0.2, 0.25) is 0 Å². The minimum absolute atomic E-state index is 0. The fraction of sp³-hybridized carbons (Fsp3) is 1.00. The second-order valence-corrected chi connectivity index (χ2v) is 7.50. The first-order valence-electron chi connectivity index (χ1n) is 6.07. The summed E-state index contributed by atoms with van der Waals surface area (Å²) < 4.78 is 23.3. The highest BCUT2D eigenvalue weighted by Gasteiger charge is 2.21. The first-order valence-corrected chi connectivity index (χ1v) is 7.78. The van der Waals surface area contributed by atoms with Crippen molar-refractivity contribution in [2.24, 2.45) is 0 Å². The van der Waals surface area contributed by atoms with Gasteiger partial charge in [0.1, 0.15) is 0 Å². The van der Waals surface area contributed by atoms with Gasteiger partial charge in [0.15, 0.2) is 9.84 Å². The van der Waals surface area contributed by atoms with Crippen molar-refractivity contribution in [1.29, 1.82) is 0 Å². The highest BCUT2D eigenvalue weighted by Crippen LogP contribution is 2.10. The third-order valence-electron chi connectivity index (χ3n) is 3.41. The first-order chi connectivity index (χ1) is 7.45. The fourth-order valence-electron chi connectivity index (χ4n) is 1.94. The Hall–Kier alpha value is 0.160. The molecule has 0 aliphatic carbocycles. The Morgan fingerprint density at radius 2 is 1.82 bits per heavy atom. The second kappa shape index (κ2) is 7.56. The largest absolute Gasteiger partial charge is 0.317 e. The zero-order chi connectivity index (χ0) is 12.2. The fourth-order valence-corrected chi connectivity index (χ4v) is 2.92. The van der Waals surface area contributed by atoms with E-state index in [-0.39, 0.29) is 17.7 Å². The van der Waals surface area contributed by atoms with Gasteiger partial charge in [0.25, 0.3) is 0 Å². The number of hydrogen-bond donors (Lipinski definition) is 1. The van der Waals surface area contributed by atoms with E-state index in [1.165, 1.54) is 0 Å². The van der Waals surface area contributed by atoms with Gasteiger partial charge >= 0.3 is 0 Å². The van der Waals surface area contributed by atoms with Crippen molar-refractivity contribution in [2.45, 2.75) is 38.0 Å². The van der Waals surface area contributed by atoms with Crippen molar-refractivity contribution in [3.63, 3.8) is 0 Å². The van der Waals surface area contributed by atoms with Gasteiger partial charge < -0.3 is 10.2 Å². The summed E-state index contributed by atoms with van der Waals surface area (Å²) >= 11 is 0. The Morgan fingerprint density at radius 1 is 1.29 bits per heavy atom. The van der Waals surface area contributed by atoms with E-state index >= 15 is 0 Å². The summed E-state index contributed by atoms with van der Waals surface area (Å²) in [5.41, 5.74) is 0. The molecule has 0 amide bonds. The summed E-state index contributed by atoms with van der Waals surface area (Å²) in [4.78, 5) is 2.26. The number of piperidine rings is 1. The van der Waals surface area contributed by atoms with Crippen LogP contribution in [0.5, 0.6) is 0 Å². The lowest BCUT2D eigenvalue weighted by Gasteiger charge is -2.31. The monoisotopic (exact) mass is 284 g/mol. The highest BCUT2D eigenvalue weighted by atomic mass is 35.5. The SMILES string of the molecule is CNC1CCN(CCS(=O)(=O)C(C)C)CC1.Cl. The number of nitrogens with zero attached hydrogens (tertiary/aromatic N) is 1. The summed E-state index contributed by atoms with van der Waals surface area (Å²) in [5.74, 6) is 0.300. The molecule has 1 fully saturated rings. The molecule has 0 bridgehead atoms. The van der Waals surface area contributed by atoms with Crippen LogP contribution in [-0.2, 0) is 9.84 Å². The molecule has 0 saturated carbocycles. The molecule has 4 nitrogen and oxygen atoms in total. The average molecular weight is 285 g/mol. The van der Waals surface area contributed by atoms with E-state index in [4.69, 9.17) is 0 Å². The number of rotatable bonds is 5. The van der Waals surface area contributed by atoms with Crippen molar-refractivity contribution in [3.8, 4) is 0 Å². The van der Waals surface area contributed by atoms with Gasteiger partial charge in [-0.2, -0.15) is 0 Å². The van der Waals surface area contributed by atoms with Crippen LogP contribution in [0, 0.1) is 0 Å². The molecule has 1 saturated heterocycles. The highest BCUT2D eigenvalue weighted by molar-refractivity contribution is 7.92. The molecule has 0 spiro atoms. The minimum atomic E-state index is -2.87. The topological polar surface area (TPSA) is 49.4 Å². The summed E-state index contributed by atoms with van der Waals surface area (Å²) in [5, 5.41) is 3.02. The molecule has 0 atom stereocenters. The Morgan fingerprint density at radius 3 is 2.24 bits per heavy atom. The third kappa shape index (κ3) is 5.55. The zero-order valence-corrected chi connectivity index (χ0v) is 12.6. The van der Waals surface area contributed by atoms with Crippen LogP contribution in [-0.4, -0.2) is 57.0 Å². The van der Waals surface area contributed by atoms with Crippen molar-refractivity contribution in [3.05, 3.63) is 0 Å². The van der Waals surface area contributed by atoms with Crippen molar-refractivity contribution >= 4 is 22.2 Å². The predicted octanol–water partition coefficient (Wildman–Crippen LogP) is 0.915. The average Bonchev–Trinajstić information content (AvgIpc) is 2.27. The van der Waals surface area contributed by atoms with Crippen LogP contribution in [0.4, 0.5) is 0 Å². The number of halogens is 1. The predicted molar refractivity (Wildman–Crippen MR) is 74.7 cm³/mol. The molecule has 0 radical (unpaired) electrons. The van der Waals surface area contributed by atoms with Crippen LogP contribution < -0.4 is 5.32 Å². The number of likely N-dealkylation sites (tertiary alicyclic amines) is 1.